The second-order valence-corrected chi connectivity index (χ2v) is 44.3. The standard InChI is InChI=1S/2C24H29.C12H9Si.2ClH.Zr/c2*1-7-8-18-14-19-9-10-22(24(4,5)6)23(21(19)15-18)20-12-16(2)11-17(3)13-20;1-3-7-11-9(5-1)10-6-2-4-8-12(10)13-11;;;/h2*9-15H,7-8H2,1-6H3;1-7H,13H2;2*1H;/q;;;;;+2/p-2. The van der Waals surface area contributed by atoms with Gasteiger partial charge in [-0.15, -0.1) is 0 Å². The number of fused-ring (bicyclic) bond motifs is 5. The van der Waals surface area contributed by atoms with Gasteiger partial charge in [0.2, 0.25) is 0 Å². The van der Waals surface area contributed by atoms with Gasteiger partial charge in [-0.05, 0) is 0 Å². The molecule has 1 heterocycles. The zero-order valence-corrected chi connectivity index (χ0v) is 45.8. The van der Waals surface area contributed by atoms with Gasteiger partial charge in [0.15, 0.2) is 0 Å². The number of halogens is 2. The van der Waals surface area contributed by atoms with E-state index in [0.717, 1.165) is 25.7 Å². The molecule has 0 aromatic heterocycles. The van der Waals surface area contributed by atoms with E-state index < -0.39 is 25.9 Å². The molecule has 0 N–H and O–H groups in total. The van der Waals surface area contributed by atoms with Crippen molar-refractivity contribution in [3.05, 3.63) is 170 Å². The monoisotopic (exact) mass is 975 g/mol. The fourth-order valence-electron chi connectivity index (χ4n) is 12.5. The summed E-state index contributed by atoms with van der Waals surface area (Å²) in [4.78, 5) is 0. The van der Waals surface area contributed by atoms with E-state index in [1.165, 1.54) is 114 Å². The second kappa shape index (κ2) is 16.4. The van der Waals surface area contributed by atoms with E-state index in [1.807, 2.05) is 0 Å². The third-order valence-corrected chi connectivity index (χ3v) is 37.5. The van der Waals surface area contributed by atoms with Crippen molar-refractivity contribution in [2.75, 3.05) is 0 Å². The van der Waals surface area contributed by atoms with Gasteiger partial charge in [-0.2, -0.15) is 0 Å². The van der Waals surface area contributed by atoms with E-state index in [4.69, 9.17) is 0 Å². The topological polar surface area (TPSA) is 0 Å². The summed E-state index contributed by atoms with van der Waals surface area (Å²) in [6.07, 6.45) is 9.13. The van der Waals surface area contributed by atoms with Crippen molar-refractivity contribution >= 4 is 52.3 Å². The van der Waals surface area contributed by atoms with Crippen LogP contribution in [0.15, 0.2) is 114 Å². The molecule has 0 radical (unpaired) electrons. The first kappa shape index (κ1) is 45.6. The van der Waals surface area contributed by atoms with Crippen LogP contribution in [-0.4, -0.2) is 9.52 Å². The van der Waals surface area contributed by atoms with Crippen LogP contribution in [0.1, 0.15) is 144 Å². The van der Waals surface area contributed by atoms with Gasteiger partial charge in [0.25, 0.3) is 0 Å². The molecule has 2 atom stereocenters. The zero-order chi connectivity index (χ0) is 45.7. The third kappa shape index (κ3) is 7.41. The van der Waals surface area contributed by atoms with Gasteiger partial charge in [-0.25, -0.2) is 0 Å². The van der Waals surface area contributed by atoms with Crippen LogP contribution >= 0.6 is 17.0 Å². The van der Waals surface area contributed by atoms with Crippen LogP contribution in [0.5, 0.6) is 0 Å². The molecule has 0 bridgehead atoms. The Balaban J connectivity index is 1.42. The molecule has 6 aromatic carbocycles. The van der Waals surface area contributed by atoms with Crippen molar-refractivity contribution in [1.82, 2.24) is 0 Å². The Hall–Kier alpha value is -3.52. The molecule has 0 spiro atoms. The summed E-state index contributed by atoms with van der Waals surface area (Å²) in [5.41, 5.74) is 23.9. The van der Waals surface area contributed by atoms with E-state index in [9.17, 15) is 17.0 Å². The number of rotatable bonds is 9. The molecule has 0 fully saturated rings. The van der Waals surface area contributed by atoms with Gasteiger partial charge in [0.05, 0.1) is 0 Å². The summed E-state index contributed by atoms with van der Waals surface area (Å²) < 4.78 is 1.10. The summed E-state index contributed by atoms with van der Waals surface area (Å²) in [6.45, 7) is 27.8. The van der Waals surface area contributed by atoms with E-state index in [-0.39, 0.29) is 18.1 Å². The quantitative estimate of drug-likeness (QED) is 0.126. The SMILES string of the molecule is CCCC1=Cc2c(ccc(C(C)(C)C)c2-c2cc(C)cc(C)c2)[CH]1[Zr]([Cl])([Cl])([c]1cccc2c1[SiH2]c1ccccc1-2)[CH]1C(CCC)=Cc2c1ccc(C(C)(C)C)c2-c1cc(C)cc(C)c1. The number of benzene rings is 6. The molecular formula is C60H67Cl2SiZr. The fraction of sp³-hybridized carbons (Fsp3) is 0.333. The molecule has 0 amide bonds. The van der Waals surface area contributed by atoms with Gasteiger partial charge in [0.1, 0.15) is 0 Å². The van der Waals surface area contributed by atoms with E-state index in [1.54, 1.807) is 0 Å². The van der Waals surface area contributed by atoms with Crippen LogP contribution in [0.3, 0.4) is 0 Å². The van der Waals surface area contributed by atoms with Crippen molar-refractivity contribution in [3.8, 4) is 33.4 Å². The predicted octanol–water partition coefficient (Wildman–Crippen LogP) is 15.4. The molecule has 0 saturated carbocycles. The minimum atomic E-state index is -5.74. The third-order valence-electron chi connectivity index (χ3n) is 14.7. The van der Waals surface area contributed by atoms with Crippen molar-refractivity contribution in [3.63, 3.8) is 0 Å². The molecule has 9 rings (SSSR count). The van der Waals surface area contributed by atoms with Crippen LogP contribution in [0.25, 0.3) is 45.5 Å². The van der Waals surface area contributed by atoms with Crippen LogP contribution in [0.4, 0.5) is 0 Å². The van der Waals surface area contributed by atoms with E-state index in [0.29, 0.717) is 0 Å². The maximum atomic E-state index is 9.55. The Kier molecular flexibility index (Phi) is 11.7. The van der Waals surface area contributed by atoms with Crippen molar-refractivity contribution in [2.45, 2.75) is 127 Å². The van der Waals surface area contributed by atoms with Crippen LogP contribution in [0, 0.1) is 27.7 Å². The van der Waals surface area contributed by atoms with Crippen LogP contribution in [0.2, 0.25) is 0 Å². The average Bonchev–Trinajstić information content (AvgIpc) is 3.91. The molecule has 0 saturated heterocycles. The summed E-state index contributed by atoms with van der Waals surface area (Å²) in [5, 5.41) is 2.98. The average molecular weight is 978 g/mol. The minimum absolute atomic E-state index is 0.0762. The first-order valence-corrected chi connectivity index (χ1v) is 35.8. The van der Waals surface area contributed by atoms with Gasteiger partial charge in [-0.3, -0.25) is 0 Å². The first-order chi connectivity index (χ1) is 30.2. The molecule has 1 aliphatic heterocycles. The van der Waals surface area contributed by atoms with Gasteiger partial charge in [0, 0.05) is 0 Å². The number of hydrogen-bond acceptors (Lipinski definition) is 0. The van der Waals surface area contributed by atoms with Crippen LogP contribution in [-0.2, 0) is 27.2 Å². The summed E-state index contributed by atoms with van der Waals surface area (Å²) in [6, 6.07) is 40.2. The number of allylic oxidation sites excluding steroid dienone is 2. The zero-order valence-electron chi connectivity index (χ0n) is 40.4. The first-order valence-electron chi connectivity index (χ1n) is 23.9. The van der Waals surface area contributed by atoms with E-state index in [2.05, 4.69) is 198 Å². The van der Waals surface area contributed by atoms with Gasteiger partial charge >= 0.3 is 399 Å². The number of hydrogen-bond donors (Lipinski definition) is 0. The van der Waals surface area contributed by atoms with Gasteiger partial charge in [-0.1, -0.05) is 0 Å². The Morgan fingerprint density at radius 1 is 0.531 bits per heavy atom. The molecule has 3 aliphatic rings. The van der Waals surface area contributed by atoms with Crippen molar-refractivity contribution in [1.29, 1.82) is 0 Å². The molecule has 64 heavy (non-hydrogen) atoms. The Morgan fingerprint density at radius 3 is 1.41 bits per heavy atom. The summed E-state index contributed by atoms with van der Waals surface area (Å²) in [7, 11) is 18.2. The Labute approximate surface area is 395 Å². The van der Waals surface area contributed by atoms with Crippen LogP contribution < -0.4 is 13.6 Å². The summed E-state index contributed by atoms with van der Waals surface area (Å²) >= 11 is -5.74. The maximum absolute atomic E-state index is 9.55. The molecule has 0 nitrogen and oxygen atoms in total. The molecular weight excluding hydrogens is 911 g/mol. The van der Waals surface area contributed by atoms with Crippen molar-refractivity contribution in [2.24, 2.45) is 0 Å². The molecule has 329 valence electrons. The Morgan fingerprint density at radius 2 is 0.969 bits per heavy atom. The fourth-order valence-corrected chi connectivity index (χ4v) is 40.5. The van der Waals surface area contributed by atoms with Gasteiger partial charge < -0.3 is 0 Å². The molecule has 4 heteroatoms. The molecule has 2 unspecified atom stereocenters. The summed E-state index contributed by atoms with van der Waals surface area (Å²) in [5.74, 6) is 0. The molecule has 2 aliphatic carbocycles. The molecule has 6 aromatic rings. The Bertz CT molecular complexity index is 2760. The second-order valence-electron chi connectivity index (χ2n) is 21.9. The predicted molar refractivity (Wildman–Crippen MR) is 282 cm³/mol. The van der Waals surface area contributed by atoms with Crippen molar-refractivity contribution < 1.29 is 16.4 Å². The van der Waals surface area contributed by atoms with E-state index >= 15 is 0 Å². The number of aryl methyl sites for hydroxylation is 4. The normalized spacial score (nSPS) is 17.7.